The lowest BCUT2D eigenvalue weighted by Gasteiger charge is -2.28. The van der Waals surface area contributed by atoms with Crippen molar-refractivity contribution in [2.45, 2.75) is 37.0 Å². The Morgan fingerprint density at radius 2 is 2.33 bits per heavy atom. The molecule has 0 radical (unpaired) electrons. The van der Waals surface area contributed by atoms with E-state index in [1.54, 1.807) is 18.6 Å². The Hall–Kier alpha value is -0.770. The van der Waals surface area contributed by atoms with Gasteiger partial charge in [0.15, 0.2) is 0 Å². The van der Waals surface area contributed by atoms with Gasteiger partial charge in [0.1, 0.15) is 5.82 Å². The fourth-order valence-corrected chi connectivity index (χ4v) is 2.90. The van der Waals surface area contributed by atoms with Crippen molar-refractivity contribution in [3.8, 4) is 0 Å². The summed E-state index contributed by atoms with van der Waals surface area (Å²) in [6.45, 7) is 0. The molecule has 0 aliphatic heterocycles. The zero-order chi connectivity index (χ0) is 10.5. The van der Waals surface area contributed by atoms with Crippen LogP contribution in [0.1, 0.15) is 25.7 Å². The van der Waals surface area contributed by atoms with Gasteiger partial charge in [-0.1, -0.05) is 6.42 Å². The van der Waals surface area contributed by atoms with Gasteiger partial charge in [-0.3, -0.25) is 4.98 Å². The van der Waals surface area contributed by atoms with Crippen LogP contribution in [0, 0.1) is 0 Å². The standard InChI is InChI=1S/C11H17N3S/c1-15-10-4-2-3-9(7-10)14-11-8-12-5-6-13-11/h5-6,8-10H,2-4,7H2,1H3,(H,13,14). The highest BCUT2D eigenvalue weighted by Crippen LogP contribution is 2.28. The van der Waals surface area contributed by atoms with Crippen molar-refractivity contribution in [3.05, 3.63) is 18.6 Å². The molecular formula is C11H17N3S. The van der Waals surface area contributed by atoms with Gasteiger partial charge in [-0.2, -0.15) is 11.8 Å². The predicted molar refractivity (Wildman–Crippen MR) is 65.2 cm³/mol. The first-order valence-electron chi connectivity index (χ1n) is 5.44. The van der Waals surface area contributed by atoms with Gasteiger partial charge in [0, 0.05) is 23.7 Å². The van der Waals surface area contributed by atoms with E-state index in [2.05, 4.69) is 21.5 Å². The first-order valence-corrected chi connectivity index (χ1v) is 6.72. The van der Waals surface area contributed by atoms with Gasteiger partial charge in [0.25, 0.3) is 0 Å². The highest BCUT2D eigenvalue weighted by atomic mass is 32.2. The molecule has 1 saturated carbocycles. The van der Waals surface area contributed by atoms with E-state index in [0.717, 1.165) is 11.1 Å². The minimum Gasteiger partial charge on any atom is -0.366 e. The first-order chi connectivity index (χ1) is 7.38. The predicted octanol–water partition coefficient (Wildman–Crippen LogP) is 2.56. The molecule has 2 atom stereocenters. The quantitative estimate of drug-likeness (QED) is 0.854. The molecule has 82 valence electrons. The minimum absolute atomic E-state index is 0.577. The summed E-state index contributed by atoms with van der Waals surface area (Å²) >= 11 is 1.98. The molecule has 1 aliphatic carbocycles. The highest BCUT2D eigenvalue weighted by Gasteiger charge is 2.21. The van der Waals surface area contributed by atoms with Gasteiger partial charge >= 0.3 is 0 Å². The second-order valence-electron chi connectivity index (χ2n) is 3.96. The maximum Gasteiger partial charge on any atom is 0.144 e. The third-order valence-electron chi connectivity index (χ3n) is 2.87. The molecule has 0 bridgehead atoms. The molecule has 0 saturated heterocycles. The number of hydrogen-bond donors (Lipinski definition) is 1. The Kier molecular flexibility index (Phi) is 3.83. The third kappa shape index (κ3) is 3.09. The molecule has 2 rings (SSSR count). The zero-order valence-electron chi connectivity index (χ0n) is 9.02. The van der Waals surface area contributed by atoms with Gasteiger partial charge in [0.05, 0.1) is 6.20 Å². The molecule has 4 heteroatoms. The molecule has 1 N–H and O–H groups in total. The number of nitrogens with one attached hydrogen (secondary N) is 1. The summed E-state index contributed by atoms with van der Waals surface area (Å²) in [7, 11) is 0. The van der Waals surface area contributed by atoms with Crippen LogP contribution in [0.2, 0.25) is 0 Å². The highest BCUT2D eigenvalue weighted by molar-refractivity contribution is 7.99. The van der Waals surface area contributed by atoms with Crippen LogP contribution in [-0.2, 0) is 0 Å². The molecule has 3 nitrogen and oxygen atoms in total. The maximum absolute atomic E-state index is 4.24. The lowest BCUT2D eigenvalue weighted by atomic mass is 9.95. The number of rotatable bonds is 3. The number of thioether (sulfide) groups is 1. The summed E-state index contributed by atoms with van der Waals surface area (Å²) in [6, 6.07) is 0.577. The van der Waals surface area contributed by atoms with E-state index in [1.165, 1.54) is 25.7 Å². The molecule has 1 heterocycles. The van der Waals surface area contributed by atoms with Crippen LogP contribution >= 0.6 is 11.8 Å². The van der Waals surface area contributed by atoms with E-state index in [1.807, 2.05) is 11.8 Å². The van der Waals surface area contributed by atoms with E-state index in [0.29, 0.717) is 6.04 Å². The van der Waals surface area contributed by atoms with E-state index in [4.69, 9.17) is 0 Å². The van der Waals surface area contributed by atoms with E-state index < -0.39 is 0 Å². The monoisotopic (exact) mass is 223 g/mol. The summed E-state index contributed by atoms with van der Waals surface area (Å²) in [5.41, 5.74) is 0. The molecule has 1 fully saturated rings. The van der Waals surface area contributed by atoms with Crippen LogP contribution in [0.25, 0.3) is 0 Å². The number of nitrogens with zero attached hydrogens (tertiary/aromatic N) is 2. The van der Waals surface area contributed by atoms with Crippen molar-refractivity contribution >= 4 is 17.6 Å². The molecule has 0 spiro atoms. The largest absolute Gasteiger partial charge is 0.366 e. The fourth-order valence-electron chi connectivity index (χ4n) is 2.07. The Bertz CT molecular complexity index is 291. The molecule has 2 unspecified atom stereocenters. The van der Waals surface area contributed by atoms with E-state index in [9.17, 15) is 0 Å². The molecule has 1 aromatic heterocycles. The van der Waals surface area contributed by atoms with E-state index in [-0.39, 0.29) is 0 Å². The van der Waals surface area contributed by atoms with Gasteiger partial charge < -0.3 is 5.32 Å². The lowest BCUT2D eigenvalue weighted by molar-refractivity contribution is 0.472. The lowest BCUT2D eigenvalue weighted by Crippen LogP contribution is -2.28. The third-order valence-corrected chi connectivity index (χ3v) is 3.97. The van der Waals surface area contributed by atoms with Crippen LogP contribution in [0.3, 0.4) is 0 Å². The maximum atomic E-state index is 4.24. The smallest absolute Gasteiger partial charge is 0.144 e. The van der Waals surface area contributed by atoms with Crippen molar-refractivity contribution in [2.24, 2.45) is 0 Å². The second kappa shape index (κ2) is 5.35. The summed E-state index contributed by atoms with van der Waals surface area (Å²) in [6.07, 6.45) is 12.6. The van der Waals surface area contributed by atoms with Gasteiger partial charge in [-0.25, -0.2) is 4.98 Å². The number of aromatic nitrogens is 2. The van der Waals surface area contributed by atoms with Crippen LogP contribution in [0.4, 0.5) is 5.82 Å². The second-order valence-corrected chi connectivity index (χ2v) is 5.09. The minimum atomic E-state index is 0.577. The fraction of sp³-hybridized carbons (Fsp3) is 0.636. The van der Waals surface area contributed by atoms with Crippen molar-refractivity contribution in [3.63, 3.8) is 0 Å². The molecular weight excluding hydrogens is 206 g/mol. The van der Waals surface area contributed by atoms with E-state index >= 15 is 0 Å². The Morgan fingerprint density at radius 3 is 3.07 bits per heavy atom. The van der Waals surface area contributed by atoms with Crippen molar-refractivity contribution in [1.82, 2.24) is 9.97 Å². The van der Waals surface area contributed by atoms with Gasteiger partial charge in [0.2, 0.25) is 0 Å². The van der Waals surface area contributed by atoms with Crippen molar-refractivity contribution in [2.75, 3.05) is 11.6 Å². The summed E-state index contributed by atoms with van der Waals surface area (Å²) < 4.78 is 0. The molecule has 15 heavy (non-hydrogen) atoms. The molecule has 1 aromatic rings. The molecule has 0 amide bonds. The molecule has 1 aliphatic rings. The van der Waals surface area contributed by atoms with Crippen LogP contribution < -0.4 is 5.32 Å². The van der Waals surface area contributed by atoms with Crippen LogP contribution in [0.15, 0.2) is 18.6 Å². The Labute approximate surface area is 95.1 Å². The first kappa shape index (κ1) is 10.7. The van der Waals surface area contributed by atoms with Crippen molar-refractivity contribution < 1.29 is 0 Å². The summed E-state index contributed by atoms with van der Waals surface area (Å²) in [5.74, 6) is 0.907. The van der Waals surface area contributed by atoms with Gasteiger partial charge in [-0.05, 0) is 25.5 Å². The topological polar surface area (TPSA) is 37.8 Å². The molecule has 0 aromatic carbocycles. The summed E-state index contributed by atoms with van der Waals surface area (Å²) in [5, 5.41) is 4.27. The number of hydrogen-bond acceptors (Lipinski definition) is 4. The number of anilines is 1. The average molecular weight is 223 g/mol. The van der Waals surface area contributed by atoms with Crippen molar-refractivity contribution in [1.29, 1.82) is 0 Å². The van der Waals surface area contributed by atoms with Gasteiger partial charge in [-0.15, -0.1) is 0 Å². The Balaban J connectivity index is 1.89. The zero-order valence-corrected chi connectivity index (χ0v) is 9.83. The van der Waals surface area contributed by atoms with Crippen LogP contribution in [-0.4, -0.2) is 27.5 Å². The SMILES string of the molecule is CSC1CCCC(Nc2cnccn2)C1. The Morgan fingerprint density at radius 1 is 1.40 bits per heavy atom. The summed E-state index contributed by atoms with van der Waals surface area (Å²) in [4.78, 5) is 8.30. The normalized spacial score (nSPS) is 26.2. The average Bonchev–Trinajstić information content (AvgIpc) is 2.31. The van der Waals surface area contributed by atoms with Crippen LogP contribution in [0.5, 0.6) is 0 Å².